The van der Waals surface area contributed by atoms with Gasteiger partial charge < -0.3 is 10.5 Å². The summed E-state index contributed by atoms with van der Waals surface area (Å²) < 4.78 is 4.76. The first-order valence-corrected chi connectivity index (χ1v) is 4.13. The number of hydrogen-bond donors (Lipinski definition) is 1. The Kier molecular flexibility index (Phi) is 3.66. The molecule has 1 rings (SSSR count). The van der Waals surface area contributed by atoms with Crippen LogP contribution in [0.1, 0.15) is 5.82 Å². The molecule has 0 aliphatic rings. The Morgan fingerprint density at radius 3 is 2.93 bits per heavy atom. The highest BCUT2D eigenvalue weighted by molar-refractivity contribution is 5.85. The number of hydrogen-bond acceptors (Lipinski definition) is 6. The number of Topliss-reactive ketones (excluding diaryl/α,β-unsaturated/α-hetero) is 1. The number of aryl methyl sites for hydroxylation is 1. The van der Waals surface area contributed by atoms with Gasteiger partial charge in [-0.15, -0.1) is 10.2 Å². The maximum Gasteiger partial charge on any atom is 0.182 e. The lowest BCUT2D eigenvalue weighted by molar-refractivity contribution is -0.120. The molecule has 0 aliphatic carbocycles. The summed E-state index contributed by atoms with van der Waals surface area (Å²) in [5.41, 5.74) is 5.53. The maximum absolute atomic E-state index is 11.4. The standard InChI is InChI=1S/C7H13N5O2/c1-12-10-7(9-11-12)3-6(13)5(8)4-14-2/h5H,3-4,8H2,1-2H3. The van der Waals surface area contributed by atoms with Crippen molar-refractivity contribution in [3.05, 3.63) is 5.82 Å². The van der Waals surface area contributed by atoms with Gasteiger partial charge in [-0.05, 0) is 5.21 Å². The van der Waals surface area contributed by atoms with E-state index in [0.717, 1.165) is 0 Å². The molecular formula is C7H13N5O2. The van der Waals surface area contributed by atoms with Crippen LogP contribution in [0.3, 0.4) is 0 Å². The molecule has 0 spiro atoms. The smallest absolute Gasteiger partial charge is 0.182 e. The summed E-state index contributed by atoms with van der Waals surface area (Å²) >= 11 is 0. The third kappa shape index (κ3) is 2.86. The first kappa shape index (κ1) is 10.7. The molecule has 1 atom stereocenters. The van der Waals surface area contributed by atoms with E-state index in [-0.39, 0.29) is 18.8 Å². The van der Waals surface area contributed by atoms with E-state index in [0.29, 0.717) is 5.82 Å². The third-order valence-electron chi connectivity index (χ3n) is 1.64. The van der Waals surface area contributed by atoms with Gasteiger partial charge >= 0.3 is 0 Å². The Bertz CT molecular complexity index is 311. The molecule has 1 aromatic heterocycles. The van der Waals surface area contributed by atoms with Crippen molar-refractivity contribution < 1.29 is 9.53 Å². The molecule has 7 heteroatoms. The molecule has 1 unspecified atom stereocenters. The van der Waals surface area contributed by atoms with E-state index in [9.17, 15) is 4.79 Å². The molecule has 0 aromatic carbocycles. The molecule has 2 N–H and O–H groups in total. The number of methoxy groups -OCH3 is 1. The second-order valence-electron chi connectivity index (χ2n) is 2.90. The zero-order valence-corrected chi connectivity index (χ0v) is 8.17. The fourth-order valence-corrected chi connectivity index (χ4v) is 0.954. The van der Waals surface area contributed by atoms with Gasteiger partial charge in [0.15, 0.2) is 11.6 Å². The summed E-state index contributed by atoms with van der Waals surface area (Å²) in [5.74, 6) is 0.226. The van der Waals surface area contributed by atoms with Crippen molar-refractivity contribution in [2.45, 2.75) is 12.5 Å². The number of nitrogens with zero attached hydrogens (tertiary/aromatic N) is 4. The summed E-state index contributed by atoms with van der Waals surface area (Å²) in [4.78, 5) is 12.7. The van der Waals surface area contributed by atoms with Crippen molar-refractivity contribution >= 4 is 5.78 Å². The van der Waals surface area contributed by atoms with Gasteiger partial charge in [-0.3, -0.25) is 4.79 Å². The third-order valence-corrected chi connectivity index (χ3v) is 1.64. The van der Waals surface area contributed by atoms with E-state index in [1.165, 1.54) is 11.9 Å². The van der Waals surface area contributed by atoms with Gasteiger partial charge in [0, 0.05) is 7.11 Å². The number of rotatable bonds is 5. The molecule has 0 bridgehead atoms. The molecule has 7 nitrogen and oxygen atoms in total. The van der Waals surface area contributed by atoms with Crippen LogP contribution < -0.4 is 5.73 Å². The lowest BCUT2D eigenvalue weighted by atomic mass is 10.1. The van der Waals surface area contributed by atoms with E-state index < -0.39 is 6.04 Å². The van der Waals surface area contributed by atoms with Crippen molar-refractivity contribution in [2.24, 2.45) is 12.8 Å². The van der Waals surface area contributed by atoms with Gasteiger partial charge in [0.25, 0.3) is 0 Å². The summed E-state index contributed by atoms with van der Waals surface area (Å²) in [5, 5.41) is 11.2. The number of carbonyl (C=O) groups is 1. The highest BCUT2D eigenvalue weighted by Crippen LogP contribution is 1.93. The lowest BCUT2D eigenvalue weighted by Crippen LogP contribution is -2.36. The Hall–Kier alpha value is -1.34. The van der Waals surface area contributed by atoms with E-state index >= 15 is 0 Å². The second-order valence-corrected chi connectivity index (χ2v) is 2.90. The molecule has 0 saturated heterocycles. The number of carbonyl (C=O) groups excluding carboxylic acids is 1. The predicted molar refractivity (Wildman–Crippen MR) is 47.4 cm³/mol. The van der Waals surface area contributed by atoms with Crippen LogP contribution in [-0.4, -0.2) is 45.7 Å². The van der Waals surface area contributed by atoms with Crippen molar-refractivity contribution in [3.63, 3.8) is 0 Å². The fraction of sp³-hybridized carbons (Fsp3) is 0.714. The second kappa shape index (κ2) is 4.77. The van der Waals surface area contributed by atoms with Crippen LogP contribution in [-0.2, 0) is 23.0 Å². The number of aromatic nitrogens is 4. The number of ether oxygens (including phenoxy) is 1. The SMILES string of the molecule is COCC(N)C(=O)Cc1nnn(C)n1. The molecule has 0 fully saturated rings. The minimum atomic E-state index is -0.621. The molecule has 0 saturated carbocycles. The van der Waals surface area contributed by atoms with E-state index in [4.69, 9.17) is 10.5 Å². The van der Waals surface area contributed by atoms with Gasteiger partial charge in [-0.1, -0.05) is 0 Å². The van der Waals surface area contributed by atoms with Crippen molar-refractivity contribution in [1.29, 1.82) is 0 Å². The molecule has 78 valence electrons. The molecule has 1 aromatic rings. The van der Waals surface area contributed by atoms with Crippen LogP contribution in [0.4, 0.5) is 0 Å². The van der Waals surface area contributed by atoms with Crippen LogP contribution in [0.25, 0.3) is 0 Å². The minimum Gasteiger partial charge on any atom is -0.383 e. The van der Waals surface area contributed by atoms with Gasteiger partial charge in [0.2, 0.25) is 0 Å². The summed E-state index contributed by atoms with van der Waals surface area (Å²) in [7, 11) is 3.13. The summed E-state index contributed by atoms with van der Waals surface area (Å²) in [6, 6.07) is -0.621. The summed E-state index contributed by atoms with van der Waals surface area (Å²) in [6.07, 6.45) is 0.0956. The Morgan fingerprint density at radius 1 is 1.71 bits per heavy atom. The van der Waals surface area contributed by atoms with E-state index in [2.05, 4.69) is 15.4 Å². The average Bonchev–Trinajstić information content (AvgIpc) is 2.51. The molecule has 14 heavy (non-hydrogen) atoms. The maximum atomic E-state index is 11.4. The molecule has 0 aliphatic heterocycles. The molecular weight excluding hydrogens is 186 g/mol. The minimum absolute atomic E-state index is 0.0956. The van der Waals surface area contributed by atoms with Crippen molar-refractivity contribution in [2.75, 3.05) is 13.7 Å². The highest BCUT2D eigenvalue weighted by Gasteiger charge is 2.15. The van der Waals surface area contributed by atoms with Crippen LogP contribution in [0.15, 0.2) is 0 Å². The van der Waals surface area contributed by atoms with E-state index in [1.54, 1.807) is 7.05 Å². The zero-order chi connectivity index (χ0) is 10.6. The number of ketones is 1. The van der Waals surface area contributed by atoms with E-state index in [1.807, 2.05) is 0 Å². The largest absolute Gasteiger partial charge is 0.383 e. The van der Waals surface area contributed by atoms with Crippen molar-refractivity contribution in [1.82, 2.24) is 20.2 Å². The lowest BCUT2D eigenvalue weighted by Gasteiger charge is -2.06. The predicted octanol–water partition coefficient (Wildman–Crippen LogP) is -1.70. The average molecular weight is 199 g/mol. The van der Waals surface area contributed by atoms with Gasteiger partial charge in [-0.2, -0.15) is 4.80 Å². The monoisotopic (exact) mass is 199 g/mol. The highest BCUT2D eigenvalue weighted by atomic mass is 16.5. The Morgan fingerprint density at radius 2 is 2.43 bits per heavy atom. The number of nitrogens with two attached hydrogens (primary N) is 1. The Balaban J connectivity index is 2.48. The van der Waals surface area contributed by atoms with Crippen LogP contribution in [0.5, 0.6) is 0 Å². The number of tetrazole rings is 1. The first-order valence-electron chi connectivity index (χ1n) is 4.13. The molecule has 0 amide bonds. The quantitative estimate of drug-likeness (QED) is 0.607. The normalized spacial score (nSPS) is 12.8. The Labute approximate surface area is 81.2 Å². The topological polar surface area (TPSA) is 95.9 Å². The fourth-order valence-electron chi connectivity index (χ4n) is 0.954. The summed E-state index contributed by atoms with van der Waals surface area (Å²) in [6.45, 7) is 0.207. The molecule has 1 heterocycles. The van der Waals surface area contributed by atoms with Gasteiger partial charge in [-0.25, -0.2) is 0 Å². The van der Waals surface area contributed by atoms with Gasteiger partial charge in [0.1, 0.15) is 0 Å². The zero-order valence-electron chi connectivity index (χ0n) is 8.17. The van der Waals surface area contributed by atoms with Gasteiger partial charge in [0.05, 0.1) is 26.1 Å². The molecule has 0 radical (unpaired) electrons. The van der Waals surface area contributed by atoms with Crippen LogP contribution >= 0.6 is 0 Å². The van der Waals surface area contributed by atoms with Crippen molar-refractivity contribution in [3.8, 4) is 0 Å². The first-order chi connectivity index (χ1) is 6.63. The van der Waals surface area contributed by atoms with Crippen LogP contribution in [0, 0.1) is 0 Å². The van der Waals surface area contributed by atoms with Crippen LogP contribution in [0.2, 0.25) is 0 Å².